The van der Waals surface area contributed by atoms with Crippen molar-refractivity contribution < 1.29 is 26.7 Å². The molecule has 35 heavy (non-hydrogen) atoms. The summed E-state index contributed by atoms with van der Waals surface area (Å²) in [6, 6.07) is 10.1. The van der Waals surface area contributed by atoms with Gasteiger partial charge in [0.2, 0.25) is 5.89 Å². The van der Waals surface area contributed by atoms with E-state index in [1.807, 2.05) is 24.3 Å². The Labute approximate surface area is 198 Å². The molecule has 0 unspecified atom stereocenters. The maximum atomic E-state index is 13.9. The molecular weight excluding hydrogens is 466 g/mol. The second-order valence-corrected chi connectivity index (χ2v) is 7.71. The number of aryl methyl sites for hydroxylation is 2. The first kappa shape index (κ1) is 24.1. The minimum Gasteiger partial charge on any atom is -0.487 e. The normalized spacial score (nSPS) is 11.9. The molecule has 2 aromatic heterocycles. The summed E-state index contributed by atoms with van der Waals surface area (Å²) in [5.41, 5.74) is 0.656. The van der Waals surface area contributed by atoms with Gasteiger partial charge in [-0.2, -0.15) is 13.2 Å². The van der Waals surface area contributed by atoms with Gasteiger partial charge in [-0.05, 0) is 65.6 Å². The lowest BCUT2D eigenvalue weighted by Crippen LogP contribution is -2.05. The van der Waals surface area contributed by atoms with Crippen molar-refractivity contribution in [2.75, 3.05) is 0 Å². The molecule has 0 aliphatic rings. The van der Waals surface area contributed by atoms with Gasteiger partial charge in [0.1, 0.15) is 36.5 Å². The van der Waals surface area contributed by atoms with Gasteiger partial charge in [-0.15, -0.1) is 5.10 Å². The number of aromatic nitrogens is 5. The number of benzene rings is 2. The molecule has 4 rings (SSSR count). The number of alkyl halides is 3. The monoisotopic (exact) mass is 487 g/mol. The Morgan fingerprint density at radius 1 is 1.03 bits per heavy atom. The zero-order valence-electron chi connectivity index (χ0n) is 18.5. The molecule has 0 spiro atoms. The molecule has 0 saturated carbocycles. The fourth-order valence-corrected chi connectivity index (χ4v) is 3.26. The van der Waals surface area contributed by atoms with Gasteiger partial charge in [0.25, 0.3) is 0 Å². The van der Waals surface area contributed by atoms with Gasteiger partial charge in [-0.25, -0.2) is 14.1 Å². The molecule has 182 valence electrons. The van der Waals surface area contributed by atoms with Crippen molar-refractivity contribution in [2.45, 2.75) is 38.6 Å². The summed E-state index contributed by atoms with van der Waals surface area (Å²) in [4.78, 5) is 4.22. The van der Waals surface area contributed by atoms with Gasteiger partial charge in [0, 0.05) is 18.2 Å². The Hall–Kier alpha value is -4.02. The Balaban J connectivity index is 1.24. The van der Waals surface area contributed by atoms with Crippen LogP contribution in [0.15, 0.2) is 59.5 Å². The molecule has 0 bridgehead atoms. The van der Waals surface area contributed by atoms with E-state index < -0.39 is 17.6 Å². The van der Waals surface area contributed by atoms with Crippen molar-refractivity contribution in [3.63, 3.8) is 0 Å². The van der Waals surface area contributed by atoms with E-state index in [2.05, 4.69) is 20.5 Å². The highest BCUT2D eigenvalue weighted by molar-refractivity contribution is 5.66. The minimum atomic E-state index is -4.60. The molecule has 0 atom stereocenters. The first-order valence-electron chi connectivity index (χ1n) is 10.8. The number of tetrazole rings is 1. The van der Waals surface area contributed by atoms with E-state index in [1.165, 1.54) is 24.0 Å². The Bertz CT molecular complexity index is 1250. The van der Waals surface area contributed by atoms with Gasteiger partial charge in [0.15, 0.2) is 0 Å². The summed E-state index contributed by atoms with van der Waals surface area (Å²) in [5, 5.41) is 11.0. The van der Waals surface area contributed by atoms with E-state index in [9.17, 15) is 17.6 Å². The summed E-state index contributed by atoms with van der Waals surface area (Å²) in [6.45, 7) is 0.944. The minimum absolute atomic E-state index is 0.00973. The molecule has 2 aromatic carbocycles. The third-order valence-corrected chi connectivity index (χ3v) is 5.11. The molecule has 0 fully saturated rings. The third kappa shape index (κ3) is 6.98. The molecule has 0 aliphatic carbocycles. The molecule has 2 heterocycles. The number of nitrogens with zero attached hydrogens (tertiary/aromatic N) is 5. The Morgan fingerprint density at radius 3 is 2.57 bits per heavy atom. The Kier molecular flexibility index (Phi) is 7.54. The van der Waals surface area contributed by atoms with Gasteiger partial charge in [-0.3, -0.25) is 0 Å². The van der Waals surface area contributed by atoms with E-state index in [-0.39, 0.29) is 18.1 Å². The average Bonchev–Trinajstić information content (AvgIpc) is 3.52. The van der Waals surface area contributed by atoms with Gasteiger partial charge in [0.05, 0.1) is 5.56 Å². The van der Waals surface area contributed by atoms with Crippen molar-refractivity contribution in [2.24, 2.45) is 0 Å². The van der Waals surface area contributed by atoms with Crippen molar-refractivity contribution in [1.82, 2.24) is 25.2 Å². The van der Waals surface area contributed by atoms with E-state index in [1.54, 1.807) is 11.0 Å². The molecule has 0 aliphatic heterocycles. The highest BCUT2D eigenvalue weighted by atomic mass is 19.4. The van der Waals surface area contributed by atoms with Crippen LogP contribution >= 0.6 is 0 Å². The largest absolute Gasteiger partial charge is 0.487 e. The van der Waals surface area contributed by atoms with Crippen LogP contribution in [0.5, 0.6) is 5.75 Å². The van der Waals surface area contributed by atoms with Gasteiger partial charge < -0.3 is 9.15 Å². The van der Waals surface area contributed by atoms with Crippen LogP contribution in [0, 0.1) is 5.82 Å². The van der Waals surface area contributed by atoms with Crippen LogP contribution in [0.4, 0.5) is 17.6 Å². The quantitative estimate of drug-likeness (QED) is 0.214. The lowest BCUT2D eigenvalue weighted by atomic mass is 10.1. The van der Waals surface area contributed by atoms with Gasteiger partial charge in [-0.1, -0.05) is 18.2 Å². The highest BCUT2D eigenvalue weighted by Crippen LogP contribution is 2.30. The predicted molar refractivity (Wildman–Crippen MR) is 118 cm³/mol. The fraction of sp³-hybridized carbons (Fsp3) is 0.250. The van der Waals surface area contributed by atoms with Crippen LogP contribution in [0.3, 0.4) is 0 Å². The summed E-state index contributed by atoms with van der Waals surface area (Å²) < 4.78 is 64.6. The predicted octanol–water partition coefficient (Wildman–Crippen LogP) is 5.59. The molecule has 7 nitrogen and oxygen atoms in total. The molecule has 0 saturated heterocycles. The van der Waals surface area contributed by atoms with E-state index >= 15 is 0 Å². The number of rotatable bonds is 10. The van der Waals surface area contributed by atoms with Gasteiger partial charge >= 0.3 is 6.18 Å². The standard InChI is InChI=1S/C24H21F4N5O2/c25-22-13-19(24(26,27)28)8-6-18(22)7-11-23-30-20(15-35-23)14-34-21-9-4-17(5-10-21)3-1-2-12-33-16-29-31-32-33/h4-11,13,15-16H,1-3,12,14H2/b11-7+. The first-order valence-corrected chi connectivity index (χ1v) is 10.8. The molecule has 0 amide bonds. The van der Waals surface area contributed by atoms with Crippen LogP contribution in [-0.4, -0.2) is 25.2 Å². The van der Waals surface area contributed by atoms with Crippen LogP contribution < -0.4 is 4.74 Å². The average molecular weight is 487 g/mol. The SMILES string of the molecule is Fc1cc(C(F)(F)F)ccc1/C=C/c1nc(COc2ccc(CCCCn3cnnn3)cc2)co1. The zero-order valence-corrected chi connectivity index (χ0v) is 18.5. The second kappa shape index (κ2) is 10.9. The lowest BCUT2D eigenvalue weighted by molar-refractivity contribution is -0.137. The number of oxazole rings is 1. The van der Waals surface area contributed by atoms with E-state index in [0.717, 1.165) is 37.9 Å². The smallest absolute Gasteiger partial charge is 0.416 e. The summed E-state index contributed by atoms with van der Waals surface area (Å²) in [7, 11) is 0. The second-order valence-electron chi connectivity index (χ2n) is 7.71. The van der Waals surface area contributed by atoms with Crippen molar-refractivity contribution in [3.8, 4) is 5.75 Å². The first-order chi connectivity index (χ1) is 16.9. The third-order valence-electron chi connectivity index (χ3n) is 5.11. The summed E-state index contributed by atoms with van der Waals surface area (Å²) in [6.07, 6.45) is 3.99. The maximum absolute atomic E-state index is 13.9. The summed E-state index contributed by atoms with van der Waals surface area (Å²) in [5.74, 6) is -0.128. The number of halogens is 4. The molecule has 0 radical (unpaired) electrons. The van der Waals surface area contributed by atoms with Crippen LogP contribution in [0.2, 0.25) is 0 Å². The Morgan fingerprint density at radius 2 is 1.86 bits per heavy atom. The highest BCUT2D eigenvalue weighted by Gasteiger charge is 2.30. The number of ether oxygens (including phenoxy) is 1. The topological polar surface area (TPSA) is 78.9 Å². The lowest BCUT2D eigenvalue weighted by Gasteiger charge is -2.07. The number of hydrogen-bond donors (Lipinski definition) is 0. The fourth-order valence-electron chi connectivity index (χ4n) is 3.26. The molecule has 4 aromatic rings. The van der Waals surface area contributed by atoms with E-state index in [4.69, 9.17) is 9.15 Å². The van der Waals surface area contributed by atoms with Crippen molar-refractivity contribution in [3.05, 3.63) is 89.1 Å². The summed E-state index contributed by atoms with van der Waals surface area (Å²) >= 11 is 0. The van der Waals surface area contributed by atoms with E-state index in [0.29, 0.717) is 17.5 Å². The zero-order chi connectivity index (χ0) is 24.7. The van der Waals surface area contributed by atoms with Crippen LogP contribution in [0.1, 0.15) is 41.1 Å². The van der Waals surface area contributed by atoms with Crippen molar-refractivity contribution >= 4 is 12.2 Å². The number of unbranched alkanes of at least 4 members (excludes halogenated alkanes) is 1. The molecular formula is C24H21F4N5O2. The van der Waals surface area contributed by atoms with Crippen LogP contribution in [-0.2, 0) is 25.7 Å². The molecule has 0 N–H and O–H groups in total. The maximum Gasteiger partial charge on any atom is 0.416 e. The van der Waals surface area contributed by atoms with Crippen molar-refractivity contribution in [1.29, 1.82) is 0 Å². The van der Waals surface area contributed by atoms with Crippen LogP contribution in [0.25, 0.3) is 12.2 Å². The molecule has 11 heteroatoms. The number of hydrogen-bond acceptors (Lipinski definition) is 6.